The summed E-state index contributed by atoms with van der Waals surface area (Å²) >= 11 is 0. The van der Waals surface area contributed by atoms with Crippen molar-refractivity contribution in [3.8, 4) is 0 Å². The number of pyridine rings is 1. The van der Waals surface area contributed by atoms with Crippen LogP contribution in [0.4, 0.5) is 0 Å². The van der Waals surface area contributed by atoms with Gasteiger partial charge in [-0.25, -0.2) is 9.36 Å². The van der Waals surface area contributed by atoms with Gasteiger partial charge in [0.15, 0.2) is 12.4 Å². The number of esters is 1. The molecule has 0 saturated heterocycles. The van der Waals surface area contributed by atoms with Crippen LogP contribution in [0, 0.1) is 0 Å². The SMILES string of the molecule is CCCCCCCC/C=C\CCCCCCCC[n+]1cccc(C(=O)OCCCCCCCCCCCCCCCC)c1.[Cl-]. The zero-order valence-corrected chi connectivity index (χ0v) is 30.1. The molecular formula is C40H72ClNO2. The highest BCUT2D eigenvalue weighted by Crippen LogP contribution is 2.14. The summed E-state index contributed by atoms with van der Waals surface area (Å²) in [5, 5.41) is 0. The third-order valence-electron chi connectivity index (χ3n) is 8.75. The monoisotopic (exact) mass is 634 g/mol. The normalized spacial score (nSPS) is 11.2. The molecule has 0 amide bonds. The van der Waals surface area contributed by atoms with Crippen LogP contribution in [0.1, 0.15) is 204 Å². The fourth-order valence-corrected chi connectivity index (χ4v) is 5.87. The molecule has 0 aromatic carbocycles. The predicted molar refractivity (Wildman–Crippen MR) is 187 cm³/mol. The van der Waals surface area contributed by atoms with Crippen LogP contribution in [0.5, 0.6) is 0 Å². The van der Waals surface area contributed by atoms with Crippen LogP contribution >= 0.6 is 0 Å². The molecule has 3 nitrogen and oxygen atoms in total. The Labute approximate surface area is 280 Å². The number of unbranched alkanes of at least 4 members (excludes halogenated alkanes) is 25. The second kappa shape index (κ2) is 34.5. The lowest BCUT2D eigenvalue weighted by molar-refractivity contribution is -0.697. The van der Waals surface area contributed by atoms with Crippen molar-refractivity contribution in [2.45, 2.75) is 200 Å². The molecule has 0 aliphatic heterocycles. The number of halogens is 1. The van der Waals surface area contributed by atoms with Crippen LogP contribution in [0.2, 0.25) is 0 Å². The van der Waals surface area contributed by atoms with Crippen molar-refractivity contribution in [2.24, 2.45) is 0 Å². The van der Waals surface area contributed by atoms with Crippen molar-refractivity contribution in [3.05, 3.63) is 42.2 Å². The summed E-state index contributed by atoms with van der Waals surface area (Å²) in [7, 11) is 0. The molecule has 256 valence electrons. The zero-order chi connectivity index (χ0) is 30.9. The number of carbonyl (C=O) groups excluding carboxylic acids is 1. The summed E-state index contributed by atoms with van der Waals surface area (Å²) in [6.07, 6.45) is 46.2. The first-order valence-electron chi connectivity index (χ1n) is 19.1. The summed E-state index contributed by atoms with van der Waals surface area (Å²) in [5.41, 5.74) is 0.678. The van der Waals surface area contributed by atoms with E-state index in [9.17, 15) is 4.79 Å². The third-order valence-corrected chi connectivity index (χ3v) is 8.75. The topological polar surface area (TPSA) is 30.2 Å². The largest absolute Gasteiger partial charge is 1.00 e. The molecule has 1 heterocycles. The second-order valence-corrected chi connectivity index (χ2v) is 13.0. The fourth-order valence-electron chi connectivity index (χ4n) is 5.87. The number of hydrogen-bond acceptors (Lipinski definition) is 2. The van der Waals surface area contributed by atoms with Gasteiger partial charge in [0.25, 0.3) is 0 Å². The molecule has 44 heavy (non-hydrogen) atoms. The van der Waals surface area contributed by atoms with Crippen LogP contribution in [0.3, 0.4) is 0 Å². The Morgan fingerprint density at radius 3 is 1.48 bits per heavy atom. The molecule has 0 unspecified atom stereocenters. The average Bonchev–Trinajstić information content (AvgIpc) is 3.02. The third kappa shape index (κ3) is 28.1. The molecule has 0 aliphatic carbocycles. The van der Waals surface area contributed by atoms with E-state index in [0.29, 0.717) is 12.2 Å². The van der Waals surface area contributed by atoms with Crippen LogP contribution in [-0.4, -0.2) is 12.6 Å². The molecule has 1 aromatic rings. The Morgan fingerprint density at radius 1 is 0.591 bits per heavy atom. The van der Waals surface area contributed by atoms with E-state index < -0.39 is 0 Å². The van der Waals surface area contributed by atoms with E-state index in [1.165, 1.54) is 167 Å². The van der Waals surface area contributed by atoms with E-state index >= 15 is 0 Å². The molecule has 0 radical (unpaired) electrons. The van der Waals surface area contributed by atoms with E-state index in [1.807, 2.05) is 18.3 Å². The Bertz CT molecular complexity index is 765. The lowest BCUT2D eigenvalue weighted by atomic mass is 10.0. The minimum absolute atomic E-state index is 0. The van der Waals surface area contributed by atoms with Crippen LogP contribution in [0.25, 0.3) is 0 Å². The smallest absolute Gasteiger partial charge is 0.344 e. The van der Waals surface area contributed by atoms with Crippen molar-refractivity contribution in [1.29, 1.82) is 0 Å². The Morgan fingerprint density at radius 2 is 1.00 bits per heavy atom. The van der Waals surface area contributed by atoms with E-state index in [2.05, 4.69) is 36.8 Å². The predicted octanol–water partition coefficient (Wildman–Crippen LogP) is 9.65. The van der Waals surface area contributed by atoms with E-state index in [1.54, 1.807) is 0 Å². The van der Waals surface area contributed by atoms with Gasteiger partial charge in [0.2, 0.25) is 0 Å². The van der Waals surface area contributed by atoms with Gasteiger partial charge in [-0.15, -0.1) is 0 Å². The standard InChI is InChI=1S/C40H72NO2.ClH/c1-3-5-7-9-11-13-15-17-19-20-21-23-25-27-29-31-35-41-36-33-34-39(38-41)40(42)43-37-32-30-28-26-24-22-18-16-14-12-10-8-6-4-2;/h17,19,33-34,36,38H,3-16,18,20-32,35,37H2,1-2H3;1H/q+1;/p-1/b19-17-;. The van der Waals surface area contributed by atoms with Crippen molar-refractivity contribution in [3.63, 3.8) is 0 Å². The summed E-state index contributed by atoms with van der Waals surface area (Å²) in [6, 6.07) is 3.86. The molecule has 1 rings (SSSR count). The van der Waals surface area contributed by atoms with Crippen molar-refractivity contribution in [1.82, 2.24) is 0 Å². The van der Waals surface area contributed by atoms with Gasteiger partial charge in [-0.05, 0) is 44.6 Å². The molecule has 0 bridgehead atoms. The highest BCUT2D eigenvalue weighted by Gasteiger charge is 2.12. The summed E-state index contributed by atoms with van der Waals surface area (Å²) in [4.78, 5) is 12.5. The number of aryl methyl sites for hydroxylation is 1. The molecular weight excluding hydrogens is 562 g/mol. The van der Waals surface area contributed by atoms with E-state index in [-0.39, 0.29) is 18.4 Å². The maximum absolute atomic E-state index is 12.5. The lowest BCUT2D eigenvalue weighted by Crippen LogP contribution is -3.00. The number of carbonyl (C=O) groups is 1. The number of nitrogens with zero attached hydrogens (tertiary/aromatic N) is 1. The Hall–Kier alpha value is -1.35. The average molecular weight is 634 g/mol. The van der Waals surface area contributed by atoms with Gasteiger partial charge in [0.05, 0.1) is 6.61 Å². The molecule has 1 aromatic heterocycles. The van der Waals surface area contributed by atoms with Gasteiger partial charge in [-0.1, -0.05) is 161 Å². The van der Waals surface area contributed by atoms with E-state index in [4.69, 9.17) is 4.74 Å². The Balaban J connectivity index is 0.0000185. The van der Waals surface area contributed by atoms with E-state index in [0.717, 1.165) is 19.4 Å². The molecule has 4 heteroatoms. The first-order valence-corrected chi connectivity index (χ1v) is 19.1. The highest BCUT2D eigenvalue weighted by molar-refractivity contribution is 5.88. The number of hydrogen-bond donors (Lipinski definition) is 0. The number of aromatic nitrogens is 1. The minimum Gasteiger partial charge on any atom is -1.00 e. The minimum atomic E-state index is -0.176. The van der Waals surface area contributed by atoms with Gasteiger partial charge in [0, 0.05) is 12.5 Å². The van der Waals surface area contributed by atoms with Gasteiger partial charge in [-0.2, -0.15) is 0 Å². The molecule has 0 N–H and O–H groups in total. The molecule has 0 atom stereocenters. The fraction of sp³-hybridized carbons (Fsp3) is 0.800. The van der Waals surface area contributed by atoms with Crippen molar-refractivity contribution < 1.29 is 26.5 Å². The number of allylic oxidation sites excluding steroid dienone is 2. The first-order chi connectivity index (χ1) is 21.3. The molecule has 0 saturated carbocycles. The summed E-state index contributed by atoms with van der Waals surface area (Å²) < 4.78 is 7.72. The number of rotatable bonds is 32. The van der Waals surface area contributed by atoms with Crippen molar-refractivity contribution in [2.75, 3.05) is 6.61 Å². The maximum atomic E-state index is 12.5. The highest BCUT2D eigenvalue weighted by atomic mass is 35.5. The molecule has 0 aliphatic rings. The van der Waals surface area contributed by atoms with Gasteiger partial charge < -0.3 is 17.1 Å². The van der Waals surface area contributed by atoms with Crippen LogP contribution < -0.4 is 17.0 Å². The number of ether oxygens (including phenoxy) is 1. The maximum Gasteiger partial charge on any atom is 0.344 e. The van der Waals surface area contributed by atoms with Crippen LogP contribution in [-0.2, 0) is 11.3 Å². The second-order valence-electron chi connectivity index (χ2n) is 13.0. The van der Waals surface area contributed by atoms with Crippen molar-refractivity contribution >= 4 is 5.97 Å². The quantitative estimate of drug-likeness (QED) is 0.0342. The zero-order valence-electron chi connectivity index (χ0n) is 29.3. The van der Waals surface area contributed by atoms with Gasteiger partial charge >= 0.3 is 5.97 Å². The molecule has 0 spiro atoms. The molecule has 0 fully saturated rings. The summed E-state index contributed by atoms with van der Waals surface area (Å²) in [5.74, 6) is -0.176. The van der Waals surface area contributed by atoms with Gasteiger partial charge in [-0.3, -0.25) is 0 Å². The summed E-state index contributed by atoms with van der Waals surface area (Å²) in [6.45, 7) is 6.08. The lowest BCUT2D eigenvalue weighted by Gasteiger charge is -2.05. The first kappa shape index (κ1) is 42.6. The van der Waals surface area contributed by atoms with Crippen LogP contribution in [0.15, 0.2) is 36.7 Å². The van der Waals surface area contributed by atoms with Gasteiger partial charge in [0.1, 0.15) is 12.1 Å². The Kier molecular flexibility index (Phi) is 33.5.